The molecule has 0 heterocycles. The number of hydrogen-bond donors (Lipinski definition) is 1. The molecule has 0 aromatic heterocycles. The lowest BCUT2D eigenvalue weighted by molar-refractivity contribution is 0.292. The van der Waals surface area contributed by atoms with E-state index in [1.807, 2.05) is 6.07 Å². The summed E-state index contributed by atoms with van der Waals surface area (Å²) in [5.41, 5.74) is 8.24. The highest BCUT2D eigenvalue weighted by Gasteiger charge is 2.03. The van der Waals surface area contributed by atoms with Crippen LogP contribution in [-0.2, 0) is 6.54 Å². The highest BCUT2D eigenvalue weighted by atomic mass is 15.1. The fourth-order valence-corrected chi connectivity index (χ4v) is 2.29. The molecule has 0 saturated heterocycles. The fourth-order valence-electron chi connectivity index (χ4n) is 2.29. The van der Waals surface area contributed by atoms with Crippen LogP contribution in [-0.4, -0.2) is 24.5 Å². The summed E-state index contributed by atoms with van der Waals surface area (Å²) in [7, 11) is 0. The van der Waals surface area contributed by atoms with E-state index in [-0.39, 0.29) is 0 Å². The van der Waals surface area contributed by atoms with Gasteiger partial charge in [0.15, 0.2) is 0 Å². The molecular weight excluding hydrogens is 256 g/mol. The van der Waals surface area contributed by atoms with Gasteiger partial charge in [-0.25, -0.2) is 0 Å². The van der Waals surface area contributed by atoms with Gasteiger partial charge < -0.3 is 5.73 Å². The van der Waals surface area contributed by atoms with Crippen molar-refractivity contribution in [3.63, 3.8) is 0 Å². The maximum atomic E-state index is 5.65. The molecule has 0 unspecified atom stereocenters. The average Bonchev–Trinajstić information content (AvgIpc) is 2.54. The number of nitrogens with two attached hydrogens (primary N) is 1. The van der Waals surface area contributed by atoms with Crippen LogP contribution in [0.1, 0.15) is 17.5 Å². The van der Waals surface area contributed by atoms with E-state index in [2.05, 4.69) is 71.6 Å². The molecule has 0 amide bonds. The van der Waals surface area contributed by atoms with E-state index in [4.69, 9.17) is 5.73 Å². The van der Waals surface area contributed by atoms with E-state index in [1.54, 1.807) is 0 Å². The molecule has 0 aliphatic carbocycles. The fraction of sp³-hybridized carbons (Fsp3) is 0.263. The summed E-state index contributed by atoms with van der Waals surface area (Å²) >= 11 is 0. The molecule has 21 heavy (non-hydrogen) atoms. The first-order chi connectivity index (χ1) is 10.4. The summed E-state index contributed by atoms with van der Waals surface area (Å²) in [6.45, 7) is 3.70. The van der Waals surface area contributed by atoms with Crippen LogP contribution in [0.5, 0.6) is 0 Å². The van der Waals surface area contributed by atoms with Crippen LogP contribution in [0.2, 0.25) is 0 Å². The van der Waals surface area contributed by atoms with Gasteiger partial charge in [0.1, 0.15) is 0 Å². The Morgan fingerprint density at radius 1 is 0.905 bits per heavy atom. The third-order valence-electron chi connectivity index (χ3n) is 3.40. The molecule has 110 valence electrons. The summed E-state index contributed by atoms with van der Waals surface area (Å²) in [6, 6.07) is 21.0. The van der Waals surface area contributed by atoms with Crippen molar-refractivity contribution in [3.05, 3.63) is 77.9 Å². The largest absolute Gasteiger partial charge is 0.330 e. The van der Waals surface area contributed by atoms with Crippen molar-refractivity contribution in [2.75, 3.05) is 19.6 Å². The first-order valence-electron chi connectivity index (χ1n) is 7.56. The van der Waals surface area contributed by atoms with Crippen molar-refractivity contribution in [1.29, 1.82) is 0 Å². The van der Waals surface area contributed by atoms with Crippen molar-refractivity contribution in [3.8, 4) is 0 Å². The molecule has 0 radical (unpaired) electrons. The molecular formula is C19H24N2. The minimum absolute atomic E-state index is 0.744. The molecule has 2 rings (SSSR count). The van der Waals surface area contributed by atoms with Crippen molar-refractivity contribution >= 4 is 6.08 Å². The van der Waals surface area contributed by atoms with Gasteiger partial charge in [-0.1, -0.05) is 72.8 Å². The van der Waals surface area contributed by atoms with E-state index in [0.717, 1.165) is 32.6 Å². The lowest BCUT2D eigenvalue weighted by Crippen LogP contribution is -2.26. The minimum atomic E-state index is 0.744. The third-order valence-corrected chi connectivity index (χ3v) is 3.40. The second-order valence-electron chi connectivity index (χ2n) is 5.18. The number of nitrogens with zero attached hydrogens (tertiary/aromatic N) is 1. The second-order valence-corrected chi connectivity index (χ2v) is 5.18. The first-order valence-corrected chi connectivity index (χ1v) is 7.56. The Balaban J connectivity index is 1.91. The zero-order valence-corrected chi connectivity index (χ0v) is 12.5. The molecule has 2 N–H and O–H groups in total. The standard InChI is InChI=1S/C19H24N2/c20-14-8-16-21(17-19-11-5-2-6-12-19)15-7-13-18-9-3-1-4-10-18/h1-7,9-13H,8,14-17,20H2/b13-7+. The summed E-state index contributed by atoms with van der Waals surface area (Å²) in [4.78, 5) is 2.43. The van der Waals surface area contributed by atoms with Gasteiger partial charge in [0, 0.05) is 19.6 Å². The van der Waals surface area contributed by atoms with Gasteiger partial charge >= 0.3 is 0 Å². The van der Waals surface area contributed by atoms with E-state index in [9.17, 15) is 0 Å². The summed E-state index contributed by atoms with van der Waals surface area (Å²) in [5, 5.41) is 0. The molecule has 0 aliphatic heterocycles. The first kappa shape index (κ1) is 15.5. The molecule has 2 aromatic carbocycles. The lowest BCUT2D eigenvalue weighted by atomic mass is 10.2. The minimum Gasteiger partial charge on any atom is -0.330 e. The smallest absolute Gasteiger partial charge is 0.0237 e. The van der Waals surface area contributed by atoms with Gasteiger partial charge in [0.05, 0.1) is 0 Å². The Kier molecular flexibility index (Phi) is 6.72. The van der Waals surface area contributed by atoms with E-state index >= 15 is 0 Å². The summed E-state index contributed by atoms with van der Waals surface area (Å²) in [5.74, 6) is 0. The van der Waals surface area contributed by atoms with Gasteiger partial charge in [0.25, 0.3) is 0 Å². The molecule has 0 aliphatic rings. The van der Waals surface area contributed by atoms with Gasteiger partial charge in [-0.2, -0.15) is 0 Å². The predicted molar refractivity (Wildman–Crippen MR) is 90.9 cm³/mol. The van der Waals surface area contributed by atoms with Crippen molar-refractivity contribution in [2.24, 2.45) is 5.73 Å². The van der Waals surface area contributed by atoms with E-state index in [0.29, 0.717) is 0 Å². The molecule has 0 bridgehead atoms. The molecule has 2 nitrogen and oxygen atoms in total. The number of hydrogen-bond acceptors (Lipinski definition) is 2. The quantitative estimate of drug-likeness (QED) is 0.801. The van der Waals surface area contributed by atoms with Crippen LogP contribution in [0.25, 0.3) is 6.08 Å². The maximum Gasteiger partial charge on any atom is 0.0237 e. The van der Waals surface area contributed by atoms with Crippen LogP contribution < -0.4 is 5.73 Å². The van der Waals surface area contributed by atoms with Crippen molar-refractivity contribution in [2.45, 2.75) is 13.0 Å². The van der Waals surface area contributed by atoms with Crippen LogP contribution in [0.15, 0.2) is 66.7 Å². The average molecular weight is 280 g/mol. The Labute approximate surface area is 127 Å². The summed E-state index contributed by atoms with van der Waals surface area (Å²) < 4.78 is 0. The zero-order chi connectivity index (χ0) is 14.8. The normalized spacial score (nSPS) is 11.3. The highest BCUT2D eigenvalue weighted by molar-refractivity contribution is 5.48. The topological polar surface area (TPSA) is 29.3 Å². The van der Waals surface area contributed by atoms with Crippen LogP contribution in [0.4, 0.5) is 0 Å². The van der Waals surface area contributed by atoms with Crippen LogP contribution in [0.3, 0.4) is 0 Å². The SMILES string of the molecule is NCCCN(C/C=C/c1ccccc1)Cc1ccccc1. The van der Waals surface area contributed by atoms with Gasteiger partial charge in [-0.05, 0) is 24.1 Å². The predicted octanol–water partition coefficient (Wildman–Crippen LogP) is 3.55. The van der Waals surface area contributed by atoms with E-state index < -0.39 is 0 Å². The molecule has 0 fully saturated rings. The summed E-state index contributed by atoms with van der Waals surface area (Å²) in [6.07, 6.45) is 5.45. The van der Waals surface area contributed by atoms with Crippen molar-refractivity contribution in [1.82, 2.24) is 4.90 Å². The van der Waals surface area contributed by atoms with Crippen LogP contribution >= 0.6 is 0 Å². The molecule has 0 spiro atoms. The number of rotatable bonds is 8. The molecule has 0 saturated carbocycles. The Hall–Kier alpha value is -1.90. The lowest BCUT2D eigenvalue weighted by Gasteiger charge is -2.20. The maximum absolute atomic E-state index is 5.65. The molecule has 2 heteroatoms. The van der Waals surface area contributed by atoms with Crippen LogP contribution in [0, 0.1) is 0 Å². The molecule has 0 atom stereocenters. The Morgan fingerprint density at radius 2 is 1.57 bits per heavy atom. The Bertz CT molecular complexity index is 520. The highest BCUT2D eigenvalue weighted by Crippen LogP contribution is 2.06. The zero-order valence-electron chi connectivity index (χ0n) is 12.5. The Morgan fingerprint density at radius 3 is 2.24 bits per heavy atom. The van der Waals surface area contributed by atoms with Gasteiger partial charge in [-0.3, -0.25) is 4.90 Å². The van der Waals surface area contributed by atoms with Gasteiger partial charge in [0.2, 0.25) is 0 Å². The third kappa shape index (κ3) is 5.94. The monoisotopic (exact) mass is 280 g/mol. The van der Waals surface area contributed by atoms with E-state index in [1.165, 1.54) is 11.1 Å². The van der Waals surface area contributed by atoms with Crippen molar-refractivity contribution < 1.29 is 0 Å². The molecule has 2 aromatic rings. The van der Waals surface area contributed by atoms with Gasteiger partial charge in [-0.15, -0.1) is 0 Å². The number of benzene rings is 2. The second kappa shape index (κ2) is 9.11.